The number of benzene rings is 2. The van der Waals surface area contributed by atoms with Gasteiger partial charge in [0.15, 0.2) is 5.13 Å². The van der Waals surface area contributed by atoms with Crippen LogP contribution >= 0.6 is 11.3 Å². The predicted molar refractivity (Wildman–Crippen MR) is 115 cm³/mol. The molecule has 0 spiro atoms. The number of ether oxygens (including phenoxy) is 1. The first-order valence-electron chi connectivity index (χ1n) is 9.85. The number of fused-ring (bicyclic) bond motifs is 1. The highest BCUT2D eigenvalue weighted by Gasteiger charge is 2.26. The molecule has 0 saturated carbocycles. The van der Waals surface area contributed by atoms with Gasteiger partial charge in [-0.05, 0) is 50.3 Å². The minimum atomic E-state index is 0.0791. The lowest BCUT2D eigenvalue weighted by Crippen LogP contribution is -2.38. The second kappa shape index (κ2) is 8.02. The summed E-state index contributed by atoms with van der Waals surface area (Å²) < 4.78 is 6.99. The highest BCUT2D eigenvalue weighted by Crippen LogP contribution is 2.34. The Kier molecular flexibility index (Phi) is 5.47. The third-order valence-corrected chi connectivity index (χ3v) is 6.52. The maximum absolute atomic E-state index is 13.3. The molecule has 146 valence electrons. The number of rotatable bonds is 5. The number of carbonyl (C=O) groups is 1. The van der Waals surface area contributed by atoms with Gasteiger partial charge in [-0.15, -0.1) is 0 Å². The van der Waals surface area contributed by atoms with Gasteiger partial charge in [0, 0.05) is 6.61 Å². The zero-order valence-electron chi connectivity index (χ0n) is 16.7. The molecule has 2 heterocycles. The van der Waals surface area contributed by atoms with Crippen LogP contribution in [0.25, 0.3) is 10.2 Å². The minimum absolute atomic E-state index is 0.0791. The molecule has 0 radical (unpaired) electrons. The fourth-order valence-corrected chi connectivity index (χ4v) is 4.87. The zero-order valence-corrected chi connectivity index (χ0v) is 17.5. The lowest BCUT2D eigenvalue weighted by atomic mass is 10.1. The Hall–Kier alpha value is -2.24. The van der Waals surface area contributed by atoms with Crippen LogP contribution < -0.4 is 4.90 Å². The van der Waals surface area contributed by atoms with E-state index in [1.807, 2.05) is 17.0 Å². The summed E-state index contributed by atoms with van der Waals surface area (Å²) in [6, 6.07) is 12.4. The van der Waals surface area contributed by atoms with Gasteiger partial charge in [-0.3, -0.25) is 9.69 Å². The van der Waals surface area contributed by atoms with Gasteiger partial charge in [0.25, 0.3) is 0 Å². The van der Waals surface area contributed by atoms with Crippen LogP contribution in [-0.4, -0.2) is 30.1 Å². The van der Waals surface area contributed by atoms with Crippen molar-refractivity contribution in [2.24, 2.45) is 0 Å². The molecule has 1 aliphatic heterocycles. The summed E-state index contributed by atoms with van der Waals surface area (Å²) in [6.07, 6.45) is 2.53. The van der Waals surface area contributed by atoms with Crippen molar-refractivity contribution in [1.82, 2.24) is 4.98 Å². The number of hydrogen-bond donors (Lipinski definition) is 0. The van der Waals surface area contributed by atoms with Crippen molar-refractivity contribution in [1.29, 1.82) is 0 Å². The van der Waals surface area contributed by atoms with Gasteiger partial charge < -0.3 is 4.74 Å². The van der Waals surface area contributed by atoms with Gasteiger partial charge in [0.1, 0.15) is 0 Å². The normalized spacial score (nSPS) is 16.6. The fourth-order valence-electron chi connectivity index (χ4n) is 3.73. The summed E-state index contributed by atoms with van der Waals surface area (Å²) in [7, 11) is 0. The number of aromatic nitrogens is 1. The molecule has 5 heteroatoms. The predicted octanol–water partition coefficient (Wildman–Crippen LogP) is 4.98. The van der Waals surface area contributed by atoms with E-state index in [4.69, 9.17) is 9.72 Å². The Morgan fingerprint density at radius 1 is 1.21 bits per heavy atom. The van der Waals surface area contributed by atoms with Crippen LogP contribution in [0.3, 0.4) is 0 Å². The maximum atomic E-state index is 13.3. The van der Waals surface area contributed by atoms with Crippen LogP contribution in [0.4, 0.5) is 5.13 Å². The quantitative estimate of drug-likeness (QED) is 0.613. The number of nitrogens with zero attached hydrogens (tertiary/aromatic N) is 2. The monoisotopic (exact) mass is 394 g/mol. The summed E-state index contributed by atoms with van der Waals surface area (Å²) in [4.78, 5) is 20.0. The first-order chi connectivity index (χ1) is 13.5. The summed E-state index contributed by atoms with van der Waals surface area (Å²) in [6.45, 7) is 7.58. The molecule has 4 nitrogen and oxygen atoms in total. The van der Waals surface area contributed by atoms with Crippen LogP contribution in [0.15, 0.2) is 36.4 Å². The highest BCUT2D eigenvalue weighted by atomic mass is 32.1. The van der Waals surface area contributed by atoms with Crippen molar-refractivity contribution in [2.75, 3.05) is 18.1 Å². The van der Waals surface area contributed by atoms with E-state index in [-0.39, 0.29) is 12.0 Å². The van der Waals surface area contributed by atoms with Crippen LogP contribution in [0.1, 0.15) is 35.1 Å². The molecule has 2 aromatic carbocycles. The highest BCUT2D eigenvalue weighted by molar-refractivity contribution is 7.22. The van der Waals surface area contributed by atoms with Crippen LogP contribution in [0.5, 0.6) is 0 Å². The maximum Gasteiger partial charge on any atom is 0.233 e. The van der Waals surface area contributed by atoms with Crippen LogP contribution in [-0.2, 0) is 16.0 Å². The number of thiazole rings is 1. The van der Waals surface area contributed by atoms with Gasteiger partial charge >= 0.3 is 0 Å². The van der Waals surface area contributed by atoms with E-state index in [1.165, 1.54) is 11.1 Å². The Balaban J connectivity index is 1.67. The Morgan fingerprint density at radius 2 is 2.04 bits per heavy atom. The molecule has 1 aliphatic rings. The smallest absolute Gasteiger partial charge is 0.233 e. The summed E-state index contributed by atoms with van der Waals surface area (Å²) in [5, 5.41) is 0.778. The Bertz CT molecular complexity index is 966. The van der Waals surface area contributed by atoms with E-state index in [9.17, 15) is 4.79 Å². The van der Waals surface area contributed by atoms with Gasteiger partial charge in [-0.25, -0.2) is 4.98 Å². The van der Waals surface area contributed by atoms with Crippen LogP contribution in [0, 0.1) is 20.8 Å². The molecule has 28 heavy (non-hydrogen) atoms. The minimum Gasteiger partial charge on any atom is -0.376 e. The van der Waals surface area contributed by atoms with Gasteiger partial charge in [0.2, 0.25) is 5.91 Å². The van der Waals surface area contributed by atoms with Crippen molar-refractivity contribution in [3.05, 3.63) is 58.7 Å². The molecule has 0 N–H and O–H groups in total. The Labute approximate surface area is 170 Å². The first-order valence-corrected chi connectivity index (χ1v) is 10.7. The molecule has 0 bridgehead atoms. The molecule has 1 saturated heterocycles. The number of aryl methyl sites for hydroxylation is 3. The van der Waals surface area contributed by atoms with Gasteiger partial charge in [-0.2, -0.15) is 0 Å². The van der Waals surface area contributed by atoms with E-state index >= 15 is 0 Å². The second-order valence-electron chi connectivity index (χ2n) is 7.68. The van der Waals surface area contributed by atoms with Gasteiger partial charge in [0.05, 0.1) is 29.3 Å². The average Bonchev–Trinajstić information content (AvgIpc) is 3.33. The SMILES string of the molecule is Cc1cccc(CC(=O)N(CC2CCCO2)c2nc3c(C)ccc(C)c3s2)c1. The standard InChI is InChI=1S/C23H26N2O2S/c1-15-6-4-7-18(12-15)13-20(26)25(14-19-8-5-11-27-19)23-24-21-16(2)9-10-17(3)22(21)28-23/h4,6-7,9-10,12,19H,5,8,11,13-14H2,1-3H3. The second-order valence-corrected chi connectivity index (χ2v) is 8.66. The lowest BCUT2D eigenvalue weighted by Gasteiger charge is -2.23. The number of hydrogen-bond acceptors (Lipinski definition) is 4. The van der Waals surface area contributed by atoms with E-state index in [0.29, 0.717) is 13.0 Å². The Morgan fingerprint density at radius 3 is 2.75 bits per heavy atom. The molecule has 1 amide bonds. The molecular weight excluding hydrogens is 368 g/mol. The van der Waals surface area contributed by atoms with Crippen LogP contribution in [0.2, 0.25) is 0 Å². The fraction of sp³-hybridized carbons (Fsp3) is 0.391. The van der Waals surface area contributed by atoms with E-state index in [0.717, 1.165) is 45.9 Å². The summed E-state index contributed by atoms with van der Waals surface area (Å²) in [5.74, 6) is 0.0791. The summed E-state index contributed by atoms with van der Waals surface area (Å²) >= 11 is 1.61. The third kappa shape index (κ3) is 3.96. The third-order valence-electron chi connectivity index (χ3n) is 5.31. The molecule has 1 unspecified atom stereocenters. The lowest BCUT2D eigenvalue weighted by molar-refractivity contribution is -0.118. The van der Waals surface area contributed by atoms with Gasteiger partial charge in [-0.1, -0.05) is 53.3 Å². The largest absolute Gasteiger partial charge is 0.376 e. The molecule has 3 aromatic rings. The number of anilines is 1. The van der Waals surface area contributed by atoms with E-state index in [2.05, 4.69) is 45.0 Å². The zero-order chi connectivity index (χ0) is 19.7. The van der Waals surface area contributed by atoms with E-state index < -0.39 is 0 Å². The van der Waals surface area contributed by atoms with Crippen molar-refractivity contribution >= 4 is 32.6 Å². The summed E-state index contributed by atoms with van der Waals surface area (Å²) in [5.41, 5.74) is 5.55. The molecule has 1 fully saturated rings. The molecule has 1 atom stereocenters. The van der Waals surface area contributed by atoms with Crippen molar-refractivity contribution in [2.45, 2.75) is 46.1 Å². The van der Waals surface area contributed by atoms with Crippen molar-refractivity contribution < 1.29 is 9.53 Å². The molecule has 1 aromatic heterocycles. The average molecular weight is 395 g/mol. The topological polar surface area (TPSA) is 42.4 Å². The van der Waals surface area contributed by atoms with E-state index in [1.54, 1.807) is 11.3 Å². The number of carbonyl (C=O) groups excluding carboxylic acids is 1. The number of amides is 1. The van der Waals surface area contributed by atoms with Crippen molar-refractivity contribution in [3.8, 4) is 0 Å². The molecule has 0 aliphatic carbocycles. The van der Waals surface area contributed by atoms with Crippen molar-refractivity contribution in [3.63, 3.8) is 0 Å². The molecular formula is C23H26N2O2S. The molecule has 4 rings (SSSR count). The first kappa shape index (κ1) is 19.1.